The van der Waals surface area contributed by atoms with Crippen LogP contribution in [0.15, 0.2) is 22.7 Å². The van der Waals surface area contributed by atoms with E-state index in [2.05, 4.69) is 26.6 Å². The highest BCUT2D eigenvalue weighted by atomic mass is 79.9. The van der Waals surface area contributed by atoms with Crippen molar-refractivity contribution in [2.75, 3.05) is 6.54 Å². The Morgan fingerprint density at radius 1 is 1.30 bits per heavy atom. The molecular formula is C15H16BrFN2O4. The van der Waals surface area contributed by atoms with Crippen LogP contribution in [0.1, 0.15) is 36.0 Å². The van der Waals surface area contributed by atoms with E-state index in [0.29, 0.717) is 17.3 Å². The molecule has 2 amide bonds. The smallest absolute Gasteiger partial charge is 0.329 e. The van der Waals surface area contributed by atoms with E-state index in [-0.39, 0.29) is 18.5 Å². The number of carboxylic acid groups (broad SMARTS) is 1. The molecule has 0 spiro atoms. The molecule has 0 radical (unpaired) electrons. The van der Waals surface area contributed by atoms with Crippen LogP contribution in [0.2, 0.25) is 0 Å². The molecular weight excluding hydrogens is 371 g/mol. The Labute approximate surface area is 140 Å². The van der Waals surface area contributed by atoms with Crippen molar-refractivity contribution >= 4 is 33.7 Å². The number of hydrogen-bond donors (Lipinski definition) is 3. The first-order chi connectivity index (χ1) is 10.8. The van der Waals surface area contributed by atoms with E-state index in [1.54, 1.807) is 0 Å². The van der Waals surface area contributed by atoms with Crippen LogP contribution < -0.4 is 10.6 Å². The number of aliphatic carboxylic acids is 1. The number of carbonyl (C=O) groups is 3. The summed E-state index contributed by atoms with van der Waals surface area (Å²) in [6.45, 7) is 0.0311. The van der Waals surface area contributed by atoms with Crippen molar-refractivity contribution in [3.05, 3.63) is 34.1 Å². The van der Waals surface area contributed by atoms with Crippen molar-refractivity contribution in [2.45, 2.75) is 31.2 Å². The van der Waals surface area contributed by atoms with Gasteiger partial charge in [-0.15, -0.1) is 0 Å². The van der Waals surface area contributed by atoms with E-state index in [9.17, 15) is 18.8 Å². The summed E-state index contributed by atoms with van der Waals surface area (Å²) in [4.78, 5) is 34.9. The van der Waals surface area contributed by atoms with E-state index >= 15 is 0 Å². The van der Waals surface area contributed by atoms with Gasteiger partial charge in [0.25, 0.3) is 5.91 Å². The summed E-state index contributed by atoms with van der Waals surface area (Å²) in [5, 5.41) is 14.1. The topological polar surface area (TPSA) is 95.5 Å². The second-order valence-electron chi connectivity index (χ2n) is 5.42. The fourth-order valence-corrected chi connectivity index (χ4v) is 2.74. The minimum atomic E-state index is -1.16. The summed E-state index contributed by atoms with van der Waals surface area (Å²) in [7, 11) is 0. The third-order valence-electron chi connectivity index (χ3n) is 3.81. The lowest BCUT2D eigenvalue weighted by Crippen LogP contribution is -2.59. The zero-order chi connectivity index (χ0) is 17.0. The van der Waals surface area contributed by atoms with Crippen molar-refractivity contribution in [1.82, 2.24) is 10.6 Å². The van der Waals surface area contributed by atoms with Crippen molar-refractivity contribution in [3.63, 3.8) is 0 Å². The van der Waals surface area contributed by atoms with Gasteiger partial charge < -0.3 is 15.7 Å². The van der Waals surface area contributed by atoms with Gasteiger partial charge in [-0.05, 0) is 53.4 Å². The number of nitrogens with one attached hydrogen (secondary N) is 2. The average Bonchev–Trinajstić information content (AvgIpc) is 2.45. The van der Waals surface area contributed by atoms with E-state index in [0.717, 1.165) is 12.5 Å². The monoisotopic (exact) mass is 386 g/mol. The minimum Gasteiger partial charge on any atom is -0.480 e. The van der Waals surface area contributed by atoms with Gasteiger partial charge in [0.05, 0.1) is 5.56 Å². The summed E-state index contributed by atoms with van der Waals surface area (Å²) in [6.07, 6.45) is 1.54. The molecule has 6 nitrogen and oxygen atoms in total. The summed E-state index contributed by atoms with van der Waals surface area (Å²) in [5.74, 6) is -2.53. The quantitative estimate of drug-likeness (QED) is 0.694. The first-order valence-electron chi connectivity index (χ1n) is 7.12. The molecule has 0 saturated heterocycles. The SMILES string of the molecule is O=C(CCNC(=O)c1cc(F)ccc1Br)NC1(C(=O)O)CCC1. The first-order valence-corrected chi connectivity index (χ1v) is 7.91. The molecule has 1 aromatic rings. The molecule has 1 saturated carbocycles. The second kappa shape index (κ2) is 7.08. The molecule has 1 aliphatic carbocycles. The predicted octanol–water partition coefficient (Wildman–Crippen LogP) is 1.83. The van der Waals surface area contributed by atoms with E-state index in [1.807, 2.05) is 0 Å². The molecule has 0 aliphatic heterocycles. The van der Waals surface area contributed by atoms with Gasteiger partial charge in [-0.3, -0.25) is 9.59 Å². The van der Waals surface area contributed by atoms with Crippen LogP contribution in [0, 0.1) is 5.82 Å². The van der Waals surface area contributed by atoms with E-state index < -0.39 is 29.1 Å². The molecule has 0 unspecified atom stereocenters. The summed E-state index contributed by atoms with van der Waals surface area (Å²) >= 11 is 3.15. The minimum absolute atomic E-state index is 0.0311. The summed E-state index contributed by atoms with van der Waals surface area (Å²) < 4.78 is 13.6. The van der Waals surface area contributed by atoms with Crippen LogP contribution in [0.25, 0.3) is 0 Å². The summed E-state index contributed by atoms with van der Waals surface area (Å²) in [6, 6.07) is 3.73. The van der Waals surface area contributed by atoms with Gasteiger partial charge in [-0.25, -0.2) is 9.18 Å². The molecule has 0 bridgehead atoms. The van der Waals surface area contributed by atoms with Crippen molar-refractivity contribution in [1.29, 1.82) is 0 Å². The molecule has 3 N–H and O–H groups in total. The number of benzene rings is 1. The maximum absolute atomic E-state index is 13.1. The van der Waals surface area contributed by atoms with Crippen LogP contribution >= 0.6 is 15.9 Å². The van der Waals surface area contributed by atoms with E-state index in [1.165, 1.54) is 12.1 Å². The van der Waals surface area contributed by atoms with Crippen LogP contribution in [0.4, 0.5) is 4.39 Å². The van der Waals surface area contributed by atoms with Gasteiger partial charge in [-0.2, -0.15) is 0 Å². The number of amides is 2. The molecule has 0 heterocycles. The third-order valence-corrected chi connectivity index (χ3v) is 4.50. The van der Waals surface area contributed by atoms with Gasteiger partial charge in [0.2, 0.25) is 5.91 Å². The van der Waals surface area contributed by atoms with Gasteiger partial charge in [0.15, 0.2) is 0 Å². The highest BCUT2D eigenvalue weighted by molar-refractivity contribution is 9.10. The molecule has 0 aromatic heterocycles. The Bertz CT molecular complexity index is 646. The van der Waals surface area contributed by atoms with Gasteiger partial charge in [0.1, 0.15) is 11.4 Å². The van der Waals surface area contributed by atoms with Gasteiger partial charge >= 0.3 is 5.97 Å². The number of rotatable bonds is 6. The van der Waals surface area contributed by atoms with Crippen molar-refractivity contribution < 1.29 is 23.9 Å². The maximum atomic E-state index is 13.1. The third kappa shape index (κ3) is 4.07. The largest absolute Gasteiger partial charge is 0.480 e. The molecule has 1 aliphatic rings. The lowest BCUT2D eigenvalue weighted by atomic mass is 9.76. The lowest BCUT2D eigenvalue weighted by molar-refractivity contribution is -0.151. The Morgan fingerprint density at radius 2 is 2.00 bits per heavy atom. The zero-order valence-electron chi connectivity index (χ0n) is 12.2. The van der Waals surface area contributed by atoms with E-state index in [4.69, 9.17) is 5.11 Å². The van der Waals surface area contributed by atoms with Crippen molar-refractivity contribution in [3.8, 4) is 0 Å². The average molecular weight is 387 g/mol. The fraction of sp³-hybridized carbons (Fsp3) is 0.400. The zero-order valence-corrected chi connectivity index (χ0v) is 13.8. The van der Waals surface area contributed by atoms with Crippen LogP contribution in [0.3, 0.4) is 0 Å². The van der Waals surface area contributed by atoms with Crippen LogP contribution in [-0.4, -0.2) is 35.0 Å². The number of carboxylic acids is 1. The van der Waals surface area contributed by atoms with Crippen LogP contribution in [-0.2, 0) is 9.59 Å². The van der Waals surface area contributed by atoms with Gasteiger partial charge in [-0.1, -0.05) is 0 Å². The lowest BCUT2D eigenvalue weighted by Gasteiger charge is -2.38. The predicted molar refractivity (Wildman–Crippen MR) is 83.4 cm³/mol. The molecule has 1 aromatic carbocycles. The molecule has 0 atom stereocenters. The Kier molecular flexibility index (Phi) is 5.35. The number of halogens is 2. The van der Waals surface area contributed by atoms with Crippen molar-refractivity contribution in [2.24, 2.45) is 0 Å². The molecule has 23 heavy (non-hydrogen) atoms. The highest BCUT2D eigenvalue weighted by Crippen LogP contribution is 2.32. The molecule has 124 valence electrons. The normalized spacial score (nSPS) is 15.4. The Morgan fingerprint density at radius 3 is 2.57 bits per heavy atom. The van der Waals surface area contributed by atoms with Gasteiger partial charge in [0, 0.05) is 17.4 Å². The summed E-state index contributed by atoms with van der Waals surface area (Å²) in [5.41, 5.74) is -1.03. The standard InChI is InChI=1S/C15H16BrFN2O4/c16-11-3-2-9(17)8-10(11)13(21)18-7-4-12(20)19-15(14(22)23)5-1-6-15/h2-3,8H,1,4-7H2,(H,18,21)(H,19,20)(H,22,23). The Hall–Kier alpha value is -1.96. The second-order valence-corrected chi connectivity index (χ2v) is 6.27. The molecule has 1 fully saturated rings. The molecule has 8 heteroatoms. The number of hydrogen-bond acceptors (Lipinski definition) is 3. The fourth-order valence-electron chi connectivity index (χ4n) is 2.31. The van der Waals surface area contributed by atoms with Crippen LogP contribution in [0.5, 0.6) is 0 Å². The Balaban J connectivity index is 1.82. The number of carbonyl (C=O) groups excluding carboxylic acids is 2. The highest BCUT2D eigenvalue weighted by Gasteiger charge is 2.45. The first kappa shape index (κ1) is 17.4. The maximum Gasteiger partial charge on any atom is 0.329 e. The molecule has 2 rings (SSSR count).